The van der Waals surface area contributed by atoms with Gasteiger partial charge in [-0.2, -0.15) is 5.10 Å². The van der Waals surface area contributed by atoms with Gasteiger partial charge in [-0.05, 0) is 65.7 Å². The minimum absolute atomic E-state index is 0.000351. The molecule has 0 radical (unpaired) electrons. The van der Waals surface area contributed by atoms with Gasteiger partial charge >= 0.3 is 0 Å². The Morgan fingerprint density at radius 3 is 2.21 bits per heavy atom. The van der Waals surface area contributed by atoms with Crippen molar-refractivity contribution in [3.63, 3.8) is 0 Å². The number of anilines is 1. The maximum atomic E-state index is 12.8. The Morgan fingerprint density at radius 2 is 1.58 bits per heavy atom. The summed E-state index contributed by atoms with van der Waals surface area (Å²) in [6.07, 6.45) is 2.98. The predicted octanol–water partition coefficient (Wildman–Crippen LogP) is 4.03. The third kappa shape index (κ3) is 6.69. The Kier molecular flexibility index (Phi) is 7.83. The number of nitrogens with zero attached hydrogens (tertiary/aromatic N) is 2. The Morgan fingerprint density at radius 1 is 0.939 bits per heavy atom. The van der Waals surface area contributed by atoms with Crippen LogP contribution in [-0.4, -0.2) is 37.2 Å². The molecule has 0 bridgehead atoms. The molecule has 8 heteroatoms. The molecule has 0 unspecified atom stereocenters. The Labute approximate surface area is 197 Å². The number of phenolic OH excluding ortho intramolecular Hbond substituents is 1. The van der Waals surface area contributed by atoms with Gasteiger partial charge in [-0.15, -0.1) is 0 Å². The zero-order chi connectivity index (χ0) is 23.8. The van der Waals surface area contributed by atoms with E-state index in [-0.39, 0.29) is 22.0 Å². The van der Waals surface area contributed by atoms with Crippen molar-refractivity contribution >= 4 is 41.4 Å². The normalized spacial score (nSPS) is 11.3. The molecule has 0 aromatic heterocycles. The first-order chi connectivity index (χ1) is 15.8. The summed E-state index contributed by atoms with van der Waals surface area (Å²) in [4.78, 5) is 27.5. The van der Waals surface area contributed by atoms with E-state index in [2.05, 4.69) is 15.8 Å². The van der Waals surface area contributed by atoms with E-state index in [9.17, 15) is 14.7 Å². The topological polar surface area (TPSA) is 94.0 Å². The summed E-state index contributed by atoms with van der Waals surface area (Å²) in [6, 6.07) is 20.4. The molecule has 3 rings (SSSR count). The van der Waals surface area contributed by atoms with Gasteiger partial charge < -0.3 is 15.3 Å². The number of hydrogen-bond donors (Lipinski definition) is 3. The number of benzene rings is 3. The number of phenols is 1. The van der Waals surface area contributed by atoms with Crippen molar-refractivity contribution in [1.82, 2.24) is 10.7 Å². The average Bonchev–Trinajstić information content (AvgIpc) is 2.80. The van der Waals surface area contributed by atoms with Crippen LogP contribution in [0.3, 0.4) is 0 Å². The third-order valence-electron chi connectivity index (χ3n) is 4.60. The fourth-order valence-corrected chi connectivity index (χ4v) is 3.04. The van der Waals surface area contributed by atoms with E-state index >= 15 is 0 Å². The standard InChI is InChI=1S/C25H23ClN4O3/c1-30(2)19-11-7-17(8-12-19)15-23(28-24(32)21-5-3-4-6-22(21)26)25(33)29-27-16-18-9-13-20(31)14-10-18/h3-16,31H,1-2H3,(H,28,32)(H,29,33)/b23-15-,27-16?. The first-order valence-corrected chi connectivity index (χ1v) is 10.4. The van der Waals surface area contributed by atoms with E-state index in [0.717, 1.165) is 5.69 Å². The van der Waals surface area contributed by atoms with E-state index in [1.54, 1.807) is 42.5 Å². The van der Waals surface area contributed by atoms with Gasteiger partial charge in [-0.25, -0.2) is 5.43 Å². The molecule has 0 aliphatic rings. The number of aromatic hydroxyl groups is 1. The van der Waals surface area contributed by atoms with Crippen LogP contribution < -0.4 is 15.6 Å². The summed E-state index contributed by atoms with van der Waals surface area (Å²) in [7, 11) is 3.86. The molecule has 0 heterocycles. The molecule has 3 aromatic carbocycles. The van der Waals surface area contributed by atoms with E-state index in [0.29, 0.717) is 11.1 Å². The number of rotatable bonds is 7. The van der Waals surface area contributed by atoms with Crippen molar-refractivity contribution in [2.24, 2.45) is 5.10 Å². The molecular weight excluding hydrogens is 440 g/mol. The second-order valence-electron chi connectivity index (χ2n) is 7.27. The zero-order valence-electron chi connectivity index (χ0n) is 18.1. The third-order valence-corrected chi connectivity index (χ3v) is 4.93. The second-order valence-corrected chi connectivity index (χ2v) is 7.68. The number of hydrazone groups is 1. The zero-order valence-corrected chi connectivity index (χ0v) is 18.9. The van der Waals surface area contributed by atoms with E-state index < -0.39 is 11.8 Å². The van der Waals surface area contributed by atoms with Gasteiger partial charge in [0.2, 0.25) is 0 Å². The van der Waals surface area contributed by atoms with Crippen LogP contribution in [0.1, 0.15) is 21.5 Å². The molecular formula is C25H23ClN4O3. The predicted molar refractivity (Wildman–Crippen MR) is 132 cm³/mol. The number of carbonyl (C=O) groups excluding carboxylic acids is 2. The molecule has 3 N–H and O–H groups in total. The Bertz CT molecular complexity index is 1190. The summed E-state index contributed by atoms with van der Waals surface area (Å²) in [5, 5.41) is 16.2. The van der Waals surface area contributed by atoms with Gasteiger partial charge in [0.05, 0.1) is 16.8 Å². The molecule has 0 aliphatic heterocycles. The van der Waals surface area contributed by atoms with Crippen LogP contribution in [0, 0.1) is 0 Å². The molecule has 0 saturated carbocycles. The van der Waals surface area contributed by atoms with Gasteiger partial charge in [-0.3, -0.25) is 9.59 Å². The molecule has 33 heavy (non-hydrogen) atoms. The van der Waals surface area contributed by atoms with Gasteiger partial charge in [0.1, 0.15) is 11.4 Å². The molecule has 0 fully saturated rings. The van der Waals surface area contributed by atoms with E-state index in [1.165, 1.54) is 18.3 Å². The molecule has 0 aliphatic carbocycles. The molecule has 3 aromatic rings. The highest BCUT2D eigenvalue weighted by molar-refractivity contribution is 6.34. The highest BCUT2D eigenvalue weighted by atomic mass is 35.5. The van der Waals surface area contributed by atoms with Gasteiger partial charge in [0.25, 0.3) is 11.8 Å². The monoisotopic (exact) mass is 462 g/mol. The SMILES string of the molecule is CN(C)c1ccc(/C=C(\NC(=O)c2ccccc2Cl)C(=O)NN=Cc2ccc(O)cc2)cc1. The summed E-state index contributed by atoms with van der Waals surface area (Å²) < 4.78 is 0. The lowest BCUT2D eigenvalue weighted by Gasteiger charge is -2.13. The van der Waals surface area contributed by atoms with E-state index in [1.807, 2.05) is 43.3 Å². The van der Waals surface area contributed by atoms with Gasteiger partial charge in [-0.1, -0.05) is 35.9 Å². The van der Waals surface area contributed by atoms with Gasteiger partial charge in [0.15, 0.2) is 0 Å². The number of halogens is 1. The quantitative estimate of drug-likeness (QED) is 0.280. The first-order valence-electron chi connectivity index (χ1n) is 10.0. The van der Waals surface area contributed by atoms with E-state index in [4.69, 9.17) is 11.6 Å². The molecule has 0 atom stereocenters. The Hall–Kier alpha value is -4.10. The minimum atomic E-state index is -0.609. The van der Waals surface area contributed by atoms with Crippen LogP contribution in [-0.2, 0) is 4.79 Å². The number of hydrogen-bond acceptors (Lipinski definition) is 5. The molecule has 0 saturated heterocycles. The lowest BCUT2D eigenvalue weighted by atomic mass is 10.1. The average molecular weight is 463 g/mol. The number of carbonyl (C=O) groups is 2. The smallest absolute Gasteiger partial charge is 0.287 e. The van der Waals surface area contributed by atoms with Crippen molar-refractivity contribution in [2.45, 2.75) is 0 Å². The summed E-state index contributed by atoms with van der Waals surface area (Å²) in [5.41, 5.74) is 5.05. The highest BCUT2D eigenvalue weighted by Crippen LogP contribution is 2.17. The molecule has 0 spiro atoms. The summed E-state index contributed by atoms with van der Waals surface area (Å²) in [6.45, 7) is 0. The van der Waals surface area contributed by atoms with Crippen molar-refractivity contribution in [2.75, 3.05) is 19.0 Å². The molecule has 7 nitrogen and oxygen atoms in total. The fraction of sp³-hybridized carbons (Fsp3) is 0.0800. The highest BCUT2D eigenvalue weighted by Gasteiger charge is 2.16. The van der Waals surface area contributed by atoms with Crippen LogP contribution in [0.5, 0.6) is 5.75 Å². The largest absolute Gasteiger partial charge is 0.508 e. The van der Waals surface area contributed by atoms with Crippen LogP contribution in [0.4, 0.5) is 5.69 Å². The van der Waals surface area contributed by atoms with Crippen LogP contribution in [0.25, 0.3) is 6.08 Å². The fourth-order valence-electron chi connectivity index (χ4n) is 2.81. The van der Waals surface area contributed by atoms with Crippen LogP contribution >= 0.6 is 11.6 Å². The van der Waals surface area contributed by atoms with Crippen molar-refractivity contribution in [3.8, 4) is 5.75 Å². The lowest BCUT2D eigenvalue weighted by Crippen LogP contribution is -2.33. The van der Waals surface area contributed by atoms with Crippen LogP contribution in [0.2, 0.25) is 5.02 Å². The van der Waals surface area contributed by atoms with Gasteiger partial charge in [0, 0.05) is 19.8 Å². The lowest BCUT2D eigenvalue weighted by molar-refractivity contribution is -0.117. The number of nitrogens with one attached hydrogen (secondary N) is 2. The summed E-state index contributed by atoms with van der Waals surface area (Å²) >= 11 is 6.13. The maximum Gasteiger partial charge on any atom is 0.287 e. The maximum absolute atomic E-state index is 12.8. The first kappa shape index (κ1) is 23.6. The number of amides is 2. The summed E-state index contributed by atoms with van der Waals surface area (Å²) in [5.74, 6) is -1.000. The molecule has 168 valence electrons. The molecule has 2 amide bonds. The second kappa shape index (κ2) is 11.0. The van der Waals surface area contributed by atoms with Crippen LogP contribution in [0.15, 0.2) is 83.6 Å². The Balaban J connectivity index is 1.83. The van der Waals surface area contributed by atoms with Crippen molar-refractivity contribution in [1.29, 1.82) is 0 Å². The van der Waals surface area contributed by atoms with Crippen molar-refractivity contribution < 1.29 is 14.7 Å². The van der Waals surface area contributed by atoms with Crippen molar-refractivity contribution in [3.05, 3.63) is 100 Å². The minimum Gasteiger partial charge on any atom is -0.508 e.